The SMILES string of the molecule is Cc1cc(Oc2ncccc2[C@H](C)N)ccc1[N+](=O)[O-]. The van der Waals surface area contributed by atoms with E-state index < -0.39 is 4.92 Å². The summed E-state index contributed by atoms with van der Waals surface area (Å²) in [5.74, 6) is 0.907. The standard InChI is InChI=1S/C14H15N3O3/c1-9-8-11(5-6-13(9)17(18)19)20-14-12(10(2)15)4-3-7-16-14/h3-8,10H,15H2,1-2H3/t10-/m0/s1. The Hall–Kier alpha value is -2.47. The molecule has 0 spiro atoms. The van der Waals surface area contributed by atoms with Gasteiger partial charge in [-0.2, -0.15) is 0 Å². The molecule has 0 aliphatic carbocycles. The summed E-state index contributed by atoms with van der Waals surface area (Å²) in [6.45, 7) is 3.50. The van der Waals surface area contributed by atoms with Gasteiger partial charge in [0, 0.05) is 29.4 Å². The number of nitro benzene ring substituents is 1. The smallest absolute Gasteiger partial charge is 0.272 e. The maximum atomic E-state index is 10.8. The number of ether oxygens (including phenoxy) is 1. The van der Waals surface area contributed by atoms with Crippen molar-refractivity contribution in [1.29, 1.82) is 0 Å². The van der Waals surface area contributed by atoms with Crippen LogP contribution in [0.4, 0.5) is 5.69 Å². The average molecular weight is 273 g/mol. The number of benzene rings is 1. The van der Waals surface area contributed by atoms with Crippen LogP contribution in [0.2, 0.25) is 0 Å². The summed E-state index contributed by atoms with van der Waals surface area (Å²) in [7, 11) is 0. The van der Waals surface area contributed by atoms with Crippen LogP contribution in [0.1, 0.15) is 24.1 Å². The fourth-order valence-corrected chi connectivity index (χ4v) is 1.84. The molecule has 2 aromatic rings. The lowest BCUT2D eigenvalue weighted by atomic mass is 10.1. The van der Waals surface area contributed by atoms with Gasteiger partial charge in [0.15, 0.2) is 0 Å². The first-order valence-corrected chi connectivity index (χ1v) is 6.12. The zero-order valence-corrected chi connectivity index (χ0v) is 11.2. The van der Waals surface area contributed by atoms with Crippen LogP contribution in [0.15, 0.2) is 36.5 Å². The maximum absolute atomic E-state index is 10.8. The van der Waals surface area contributed by atoms with E-state index in [4.69, 9.17) is 10.5 Å². The van der Waals surface area contributed by atoms with Crippen LogP contribution < -0.4 is 10.5 Å². The van der Waals surface area contributed by atoms with E-state index in [1.54, 1.807) is 31.3 Å². The molecule has 0 radical (unpaired) electrons. The lowest BCUT2D eigenvalue weighted by molar-refractivity contribution is -0.385. The number of pyridine rings is 1. The van der Waals surface area contributed by atoms with E-state index in [2.05, 4.69) is 4.98 Å². The van der Waals surface area contributed by atoms with E-state index in [9.17, 15) is 10.1 Å². The van der Waals surface area contributed by atoms with Crippen LogP contribution in [-0.4, -0.2) is 9.91 Å². The maximum Gasteiger partial charge on any atom is 0.272 e. The number of rotatable bonds is 4. The first-order chi connectivity index (χ1) is 9.49. The van der Waals surface area contributed by atoms with Gasteiger partial charge in [-0.1, -0.05) is 6.07 Å². The second-order valence-electron chi connectivity index (χ2n) is 4.49. The van der Waals surface area contributed by atoms with E-state index in [1.807, 2.05) is 13.0 Å². The van der Waals surface area contributed by atoms with Crippen LogP contribution in [0, 0.1) is 17.0 Å². The minimum absolute atomic E-state index is 0.0609. The molecule has 0 unspecified atom stereocenters. The van der Waals surface area contributed by atoms with Crippen LogP contribution >= 0.6 is 0 Å². The van der Waals surface area contributed by atoms with Gasteiger partial charge in [-0.25, -0.2) is 4.98 Å². The first kappa shape index (κ1) is 14.0. The van der Waals surface area contributed by atoms with Gasteiger partial charge in [-0.3, -0.25) is 10.1 Å². The Morgan fingerprint density at radius 3 is 2.75 bits per heavy atom. The van der Waals surface area contributed by atoms with Gasteiger partial charge >= 0.3 is 0 Å². The van der Waals surface area contributed by atoms with Gasteiger partial charge in [-0.15, -0.1) is 0 Å². The summed E-state index contributed by atoms with van der Waals surface area (Å²) < 4.78 is 5.67. The molecule has 0 aliphatic heterocycles. The number of aryl methyl sites for hydroxylation is 1. The van der Waals surface area contributed by atoms with E-state index in [0.717, 1.165) is 5.56 Å². The third-order valence-corrected chi connectivity index (χ3v) is 2.87. The zero-order chi connectivity index (χ0) is 14.7. The lowest BCUT2D eigenvalue weighted by Crippen LogP contribution is -2.07. The molecule has 1 aromatic carbocycles. The molecule has 0 bridgehead atoms. The van der Waals surface area contributed by atoms with Crippen LogP contribution in [0.5, 0.6) is 11.6 Å². The Morgan fingerprint density at radius 1 is 1.40 bits per heavy atom. The second kappa shape index (κ2) is 5.66. The minimum atomic E-state index is -0.423. The quantitative estimate of drug-likeness (QED) is 0.682. The van der Waals surface area contributed by atoms with Crippen molar-refractivity contribution in [2.45, 2.75) is 19.9 Å². The Kier molecular flexibility index (Phi) is 3.95. The summed E-state index contributed by atoms with van der Waals surface area (Å²) in [4.78, 5) is 14.5. The summed E-state index contributed by atoms with van der Waals surface area (Å²) in [5, 5.41) is 10.8. The van der Waals surface area contributed by atoms with Gasteiger partial charge in [0.1, 0.15) is 5.75 Å². The number of hydrogen-bond donors (Lipinski definition) is 1. The van der Waals surface area contributed by atoms with Crippen molar-refractivity contribution in [3.05, 3.63) is 57.8 Å². The van der Waals surface area contributed by atoms with E-state index in [-0.39, 0.29) is 11.7 Å². The molecule has 104 valence electrons. The molecule has 6 nitrogen and oxygen atoms in total. The van der Waals surface area contributed by atoms with Crippen molar-refractivity contribution in [2.24, 2.45) is 5.73 Å². The highest BCUT2D eigenvalue weighted by Gasteiger charge is 2.13. The fraction of sp³-hybridized carbons (Fsp3) is 0.214. The highest BCUT2D eigenvalue weighted by Crippen LogP contribution is 2.29. The molecule has 0 fully saturated rings. The molecular formula is C14H15N3O3. The minimum Gasteiger partial charge on any atom is -0.439 e. The Morgan fingerprint density at radius 2 is 2.15 bits per heavy atom. The fourth-order valence-electron chi connectivity index (χ4n) is 1.84. The Labute approximate surface area is 116 Å². The molecule has 2 N–H and O–H groups in total. The van der Waals surface area contributed by atoms with Crippen molar-refractivity contribution in [1.82, 2.24) is 4.98 Å². The molecule has 1 heterocycles. The lowest BCUT2D eigenvalue weighted by Gasteiger charge is -2.12. The van der Waals surface area contributed by atoms with Crippen molar-refractivity contribution >= 4 is 5.69 Å². The van der Waals surface area contributed by atoms with Crippen molar-refractivity contribution < 1.29 is 9.66 Å². The van der Waals surface area contributed by atoms with Crippen molar-refractivity contribution in [3.8, 4) is 11.6 Å². The molecule has 1 aromatic heterocycles. The molecule has 0 aliphatic rings. The van der Waals surface area contributed by atoms with E-state index in [0.29, 0.717) is 17.2 Å². The van der Waals surface area contributed by atoms with Crippen molar-refractivity contribution in [2.75, 3.05) is 0 Å². The van der Waals surface area contributed by atoms with Crippen molar-refractivity contribution in [3.63, 3.8) is 0 Å². The van der Waals surface area contributed by atoms with Gasteiger partial charge in [0.25, 0.3) is 5.69 Å². The van der Waals surface area contributed by atoms with E-state index in [1.165, 1.54) is 6.07 Å². The van der Waals surface area contributed by atoms with Crippen LogP contribution in [0.25, 0.3) is 0 Å². The Balaban J connectivity index is 2.31. The zero-order valence-electron chi connectivity index (χ0n) is 11.2. The molecule has 2 rings (SSSR count). The number of nitro groups is 1. The second-order valence-corrected chi connectivity index (χ2v) is 4.49. The summed E-state index contributed by atoms with van der Waals surface area (Å²) in [6.07, 6.45) is 1.61. The molecule has 0 saturated heterocycles. The number of nitrogens with two attached hydrogens (primary N) is 1. The van der Waals surface area contributed by atoms with Gasteiger partial charge in [0.05, 0.1) is 4.92 Å². The van der Waals surface area contributed by atoms with Crippen LogP contribution in [-0.2, 0) is 0 Å². The third-order valence-electron chi connectivity index (χ3n) is 2.87. The van der Waals surface area contributed by atoms with Gasteiger partial charge < -0.3 is 10.5 Å². The van der Waals surface area contributed by atoms with Gasteiger partial charge in [-0.05, 0) is 32.0 Å². The van der Waals surface area contributed by atoms with Gasteiger partial charge in [0.2, 0.25) is 5.88 Å². The third kappa shape index (κ3) is 2.92. The molecule has 6 heteroatoms. The summed E-state index contributed by atoms with van der Waals surface area (Å²) in [6, 6.07) is 7.98. The van der Waals surface area contributed by atoms with Crippen LogP contribution in [0.3, 0.4) is 0 Å². The largest absolute Gasteiger partial charge is 0.439 e. The molecule has 20 heavy (non-hydrogen) atoms. The average Bonchev–Trinajstić information content (AvgIpc) is 2.38. The highest BCUT2D eigenvalue weighted by molar-refractivity contribution is 5.45. The molecule has 0 saturated carbocycles. The monoisotopic (exact) mass is 273 g/mol. The predicted octanol–water partition coefficient (Wildman–Crippen LogP) is 3.11. The molecule has 0 amide bonds. The summed E-state index contributed by atoms with van der Waals surface area (Å²) in [5.41, 5.74) is 7.23. The highest BCUT2D eigenvalue weighted by atomic mass is 16.6. The molecular weight excluding hydrogens is 258 g/mol. The topological polar surface area (TPSA) is 91.3 Å². The summed E-state index contributed by atoms with van der Waals surface area (Å²) >= 11 is 0. The predicted molar refractivity (Wildman–Crippen MR) is 74.7 cm³/mol. The number of hydrogen-bond acceptors (Lipinski definition) is 5. The number of aromatic nitrogens is 1. The Bertz CT molecular complexity index is 641. The van der Waals surface area contributed by atoms with E-state index >= 15 is 0 Å². The first-order valence-electron chi connectivity index (χ1n) is 6.12. The normalized spacial score (nSPS) is 11.9. The number of nitrogens with zero attached hydrogens (tertiary/aromatic N) is 2. The molecule has 1 atom stereocenters.